The Morgan fingerprint density at radius 1 is 1.56 bits per heavy atom. The Bertz CT molecular complexity index is 514. The van der Waals surface area contributed by atoms with Crippen molar-refractivity contribution in [2.24, 2.45) is 0 Å². The third-order valence-corrected chi connectivity index (χ3v) is 3.48. The Balaban J connectivity index is 3.08. The van der Waals surface area contributed by atoms with Gasteiger partial charge < -0.3 is 0 Å². The van der Waals surface area contributed by atoms with Crippen molar-refractivity contribution in [3.63, 3.8) is 0 Å². The molecule has 3 nitrogen and oxygen atoms in total. The van der Waals surface area contributed by atoms with Gasteiger partial charge in [-0.1, -0.05) is 29.8 Å². The Hall–Kier alpha value is -0.910. The van der Waals surface area contributed by atoms with Crippen LogP contribution in [-0.4, -0.2) is 15.0 Å². The summed E-state index contributed by atoms with van der Waals surface area (Å²) in [6, 6.07) is 3.82. The molecule has 0 aliphatic heterocycles. The zero-order chi connectivity index (χ0) is 12.3. The second kappa shape index (κ2) is 4.95. The Labute approximate surface area is 99.0 Å². The molecule has 1 aromatic carbocycles. The fourth-order valence-corrected chi connectivity index (χ4v) is 2.41. The summed E-state index contributed by atoms with van der Waals surface area (Å²) in [6.07, 6.45) is 0. The van der Waals surface area contributed by atoms with Crippen LogP contribution in [0.1, 0.15) is 6.92 Å². The first-order valence-corrected chi connectivity index (χ1v) is 6.29. The van der Waals surface area contributed by atoms with Crippen molar-refractivity contribution in [1.29, 1.82) is 0 Å². The minimum absolute atomic E-state index is 0.0638. The summed E-state index contributed by atoms with van der Waals surface area (Å²) < 4.78 is 39.0. The van der Waals surface area contributed by atoms with Crippen LogP contribution < -0.4 is 4.72 Å². The van der Waals surface area contributed by atoms with E-state index in [0.717, 1.165) is 6.07 Å². The molecule has 16 heavy (non-hydrogen) atoms. The van der Waals surface area contributed by atoms with Crippen molar-refractivity contribution >= 4 is 21.6 Å². The van der Waals surface area contributed by atoms with Gasteiger partial charge in [-0.15, -0.1) is 0 Å². The van der Waals surface area contributed by atoms with Crippen LogP contribution in [0, 0.1) is 5.82 Å². The van der Waals surface area contributed by atoms with Crippen LogP contribution in [0.5, 0.6) is 0 Å². The molecular formula is C10H11ClFNO2S. The fraction of sp³-hybridized carbons (Fsp3) is 0.200. The summed E-state index contributed by atoms with van der Waals surface area (Å²) in [5, 5.41) is -0.224. The molecule has 0 aliphatic carbocycles. The molecule has 0 bridgehead atoms. The lowest BCUT2D eigenvalue weighted by Crippen LogP contribution is -2.26. The van der Waals surface area contributed by atoms with Crippen LogP contribution in [-0.2, 0) is 10.0 Å². The largest absolute Gasteiger partial charge is 0.243 e. The van der Waals surface area contributed by atoms with Gasteiger partial charge in [0.25, 0.3) is 0 Å². The molecule has 0 spiro atoms. The van der Waals surface area contributed by atoms with Crippen molar-refractivity contribution < 1.29 is 12.8 Å². The van der Waals surface area contributed by atoms with E-state index in [1.165, 1.54) is 12.1 Å². The Morgan fingerprint density at radius 2 is 2.19 bits per heavy atom. The SMILES string of the molecule is C=C(C)CNS(=O)(=O)c1cccc(Cl)c1F. The lowest BCUT2D eigenvalue weighted by atomic mass is 10.3. The van der Waals surface area contributed by atoms with Crippen LogP contribution in [0.2, 0.25) is 5.02 Å². The minimum Gasteiger partial charge on any atom is -0.207 e. The molecule has 0 saturated carbocycles. The van der Waals surface area contributed by atoms with Crippen molar-refractivity contribution in [1.82, 2.24) is 4.72 Å². The zero-order valence-corrected chi connectivity index (χ0v) is 10.2. The molecule has 0 fully saturated rings. The first-order valence-electron chi connectivity index (χ1n) is 4.42. The predicted molar refractivity (Wildman–Crippen MR) is 61.4 cm³/mol. The van der Waals surface area contributed by atoms with E-state index in [2.05, 4.69) is 11.3 Å². The number of benzene rings is 1. The van der Waals surface area contributed by atoms with Gasteiger partial charge in [0, 0.05) is 6.54 Å². The molecule has 0 heterocycles. The van der Waals surface area contributed by atoms with E-state index in [4.69, 9.17) is 11.6 Å². The van der Waals surface area contributed by atoms with E-state index in [1.807, 2.05) is 0 Å². The van der Waals surface area contributed by atoms with Gasteiger partial charge in [0.1, 0.15) is 4.90 Å². The van der Waals surface area contributed by atoms with Crippen LogP contribution in [0.4, 0.5) is 4.39 Å². The molecule has 0 aromatic heterocycles. The lowest BCUT2D eigenvalue weighted by Gasteiger charge is -2.07. The normalized spacial score (nSPS) is 11.4. The zero-order valence-electron chi connectivity index (χ0n) is 8.63. The number of nitrogens with one attached hydrogen (secondary N) is 1. The monoisotopic (exact) mass is 263 g/mol. The minimum atomic E-state index is -3.88. The maximum Gasteiger partial charge on any atom is 0.243 e. The van der Waals surface area contributed by atoms with Crippen molar-refractivity contribution in [2.45, 2.75) is 11.8 Å². The molecule has 0 saturated heterocycles. The number of rotatable bonds is 4. The van der Waals surface area contributed by atoms with E-state index < -0.39 is 20.7 Å². The van der Waals surface area contributed by atoms with Gasteiger partial charge in [-0.2, -0.15) is 0 Å². The van der Waals surface area contributed by atoms with E-state index in [0.29, 0.717) is 5.57 Å². The topological polar surface area (TPSA) is 46.2 Å². The molecule has 1 N–H and O–H groups in total. The maximum absolute atomic E-state index is 13.4. The highest BCUT2D eigenvalue weighted by Gasteiger charge is 2.19. The third-order valence-electron chi connectivity index (χ3n) is 1.77. The van der Waals surface area contributed by atoms with Gasteiger partial charge >= 0.3 is 0 Å². The van der Waals surface area contributed by atoms with Gasteiger partial charge in [-0.25, -0.2) is 17.5 Å². The van der Waals surface area contributed by atoms with Gasteiger partial charge in [0.2, 0.25) is 10.0 Å². The van der Waals surface area contributed by atoms with E-state index in [9.17, 15) is 12.8 Å². The highest BCUT2D eigenvalue weighted by Crippen LogP contribution is 2.21. The van der Waals surface area contributed by atoms with Crippen LogP contribution in [0.25, 0.3) is 0 Å². The molecule has 0 atom stereocenters. The van der Waals surface area contributed by atoms with E-state index in [-0.39, 0.29) is 11.6 Å². The molecule has 1 rings (SSSR count). The Kier molecular flexibility index (Phi) is 4.07. The summed E-state index contributed by atoms with van der Waals surface area (Å²) in [5.74, 6) is -0.946. The molecular weight excluding hydrogens is 253 g/mol. The highest BCUT2D eigenvalue weighted by molar-refractivity contribution is 7.89. The smallest absolute Gasteiger partial charge is 0.207 e. The number of sulfonamides is 1. The van der Waals surface area contributed by atoms with Crippen LogP contribution >= 0.6 is 11.6 Å². The first-order chi connectivity index (χ1) is 7.34. The second-order valence-electron chi connectivity index (χ2n) is 3.33. The maximum atomic E-state index is 13.4. The van der Waals surface area contributed by atoms with Crippen LogP contribution in [0.15, 0.2) is 35.2 Å². The summed E-state index contributed by atoms with van der Waals surface area (Å²) in [4.78, 5) is -0.457. The van der Waals surface area contributed by atoms with Gasteiger partial charge in [-0.3, -0.25) is 0 Å². The third kappa shape index (κ3) is 3.04. The highest BCUT2D eigenvalue weighted by atomic mass is 35.5. The summed E-state index contributed by atoms with van der Waals surface area (Å²) in [7, 11) is -3.88. The summed E-state index contributed by atoms with van der Waals surface area (Å²) in [6.45, 7) is 5.27. The van der Waals surface area contributed by atoms with E-state index >= 15 is 0 Å². The average Bonchev–Trinajstić information content (AvgIpc) is 2.19. The lowest BCUT2D eigenvalue weighted by molar-refractivity contribution is 0.559. The molecule has 1 aromatic rings. The molecule has 0 amide bonds. The molecule has 0 aliphatic rings. The summed E-state index contributed by atoms with van der Waals surface area (Å²) in [5.41, 5.74) is 0.631. The predicted octanol–water partition coefficient (Wildman–Crippen LogP) is 2.33. The standard InChI is InChI=1S/C10H11ClFNO2S/c1-7(2)6-13-16(14,15)9-5-3-4-8(11)10(9)12/h3-5,13H,1,6H2,2H3. The summed E-state index contributed by atoms with van der Waals surface area (Å²) >= 11 is 5.50. The number of halogens is 2. The van der Waals surface area contributed by atoms with Crippen molar-refractivity contribution in [3.05, 3.63) is 41.2 Å². The molecule has 88 valence electrons. The fourth-order valence-electron chi connectivity index (χ4n) is 0.988. The average molecular weight is 264 g/mol. The molecule has 6 heteroatoms. The van der Waals surface area contributed by atoms with Gasteiger partial charge in [-0.05, 0) is 19.1 Å². The van der Waals surface area contributed by atoms with Gasteiger partial charge in [0.05, 0.1) is 5.02 Å². The second-order valence-corrected chi connectivity index (χ2v) is 5.48. The number of hydrogen-bond donors (Lipinski definition) is 1. The quantitative estimate of drug-likeness (QED) is 0.848. The van der Waals surface area contributed by atoms with Crippen molar-refractivity contribution in [3.8, 4) is 0 Å². The van der Waals surface area contributed by atoms with Gasteiger partial charge in [0.15, 0.2) is 5.82 Å². The van der Waals surface area contributed by atoms with Crippen LogP contribution in [0.3, 0.4) is 0 Å². The molecule has 0 radical (unpaired) electrons. The molecule has 0 unspecified atom stereocenters. The number of hydrogen-bond acceptors (Lipinski definition) is 2. The van der Waals surface area contributed by atoms with E-state index in [1.54, 1.807) is 6.92 Å². The Morgan fingerprint density at radius 3 is 2.75 bits per heavy atom. The first kappa shape index (κ1) is 13.2. The van der Waals surface area contributed by atoms with Crippen molar-refractivity contribution in [2.75, 3.05) is 6.54 Å².